The van der Waals surface area contributed by atoms with Gasteiger partial charge in [0.2, 0.25) is 0 Å². The van der Waals surface area contributed by atoms with E-state index in [0.29, 0.717) is 24.6 Å². The zero-order valence-corrected chi connectivity index (χ0v) is 15.3. The average Bonchev–Trinajstić information content (AvgIpc) is 3.35. The molecule has 4 aromatic rings. The highest BCUT2D eigenvalue weighted by Gasteiger charge is 2.11. The molecule has 0 unspecified atom stereocenters. The van der Waals surface area contributed by atoms with E-state index in [1.807, 2.05) is 31.4 Å². The fourth-order valence-electron chi connectivity index (χ4n) is 3.03. The second-order valence-electron chi connectivity index (χ2n) is 6.27. The highest BCUT2D eigenvalue weighted by atomic mass is 19.1. The molecule has 8 heteroatoms. The summed E-state index contributed by atoms with van der Waals surface area (Å²) >= 11 is 0. The molecule has 0 fully saturated rings. The summed E-state index contributed by atoms with van der Waals surface area (Å²) < 4.78 is 23.1. The summed E-state index contributed by atoms with van der Waals surface area (Å²) in [6.45, 7) is 0.318. The van der Waals surface area contributed by atoms with Crippen molar-refractivity contribution in [1.29, 1.82) is 0 Å². The van der Waals surface area contributed by atoms with Gasteiger partial charge in [-0.25, -0.2) is 14.1 Å². The molecule has 3 heterocycles. The number of nitrogens with two attached hydrogens (primary N) is 1. The van der Waals surface area contributed by atoms with Gasteiger partial charge in [-0.3, -0.25) is 4.68 Å². The first-order valence-corrected chi connectivity index (χ1v) is 8.77. The monoisotopic (exact) mass is 378 g/mol. The van der Waals surface area contributed by atoms with Crippen molar-refractivity contribution < 1.29 is 9.13 Å². The predicted molar refractivity (Wildman–Crippen MR) is 104 cm³/mol. The summed E-state index contributed by atoms with van der Waals surface area (Å²) in [5.41, 5.74) is 9.32. The molecule has 0 aliphatic heterocycles. The van der Waals surface area contributed by atoms with Gasteiger partial charge in [-0.1, -0.05) is 0 Å². The number of halogens is 1. The van der Waals surface area contributed by atoms with Crippen LogP contribution in [0, 0.1) is 5.82 Å². The number of aryl methyl sites for hydroxylation is 1. The molecule has 4 rings (SSSR count). The number of aromatic nitrogens is 5. The van der Waals surface area contributed by atoms with Crippen LogP contribution in [0.2, 0.25) is 0 Å². The van der Waals surface area contributed by atoms with Crippen LogP contribution in [0.15, 0.2) is 61.2 Å². The van der Waals surface area contributed by atoms with E-state index in [-0.39, 0.29) is 5.82 Å². The third-order valence-electron chi connectivity index (χ3n) is 4.42. The van der Waals surface area contributed by atoms with Gasteiger partial charge in [0.05, 0.1) is 18.0 Å². The lowest BCUT2D eigenvalue weighted by Gasteiger charge is -2.13. The summed E-state index contributed by atoms with van der Waals surface area (Å²) in [5, 5.41) is 8.38. The highest BCUT2D eigenvalue weighted by molar-refractivity contribution is 5.64. The third kappa shape index (κ3) is 3.57. The lowest BCUT2D eigenvalue weighted by Crippen LogP contribution is -2.08. The Morgan fingerprint density at radius 1 is 1.14 bits per heavy atom. The largest absolute Gasteiger partial charge is 0.489 e. The fraction of sp³-hybridized carbons (Fsp3) is 0.150. The Labute approximate surface area is 161 Å². The Hall–Kier alpha value is -3.68. The number of hydrogen-bond donors (Lipinski definition) is 1. The molecule has 1 aromatic carbocycles. The maximum absolute atomic E-state index is 13.7. The summed E-state index contributed by atoms with van der Waals surface area (Å²) in [6, 6.07) is 10.2. The maximum atomic E-state index is 13.7. The average molecular weight is 378 g/mol. The van der Waals surface area contributed by atoms with Crippen LogP contribution in [0.4, 0.5) is 10.2 Å². The molecular weight excluding hydrogens is 359 g/mol. The Bertz CT molecular complexity index is 1090. The topological polar surface area (TPSA) is 83.8 Å². The van der Waals surface area contributed by atoms with Crippen molar-refractivity contribution in [2.45, 2.75) is 6.42 Å². The Kier molecular flexibility index (Phi) is 4.76. The molecule has 3 aromatic heterocycles. The minimum Gasteiger partial charge on any atom is -0.489 e. The maximum Gasteiger partial charge on any atom is 0.166 e. The van der Waals surface area contributed by atoms with Gasteiger partial charge in [-0.05, 0) is 42.0 Å². The molecule has 0 radical (unpaired) electrons. The number of nitrogen functional groups attached to an aromatic ring is 1. The molecule has 0 aliphatic carbocycles. The number of hydrogen-bond acceptors (Lipinski definition) is 5. The Balaban J connectivity index is 1.52. The minimum atomic E-state index is -0.301. The summed E-state index contributed by atoms with van der Waals surface area (Å²) in [5.74, 6) is 0.485. The normalized spacial score (nSPS) is 10.9. The molecule has 0 saturated heterocycles. The first-order chi connectivity index (χ1) is 13.6. The van der Waals surface area contributed by atoms with Crippen LogP contribution in [0.3, 0.4) is 0 Å². The SMILES string of the molecule is Cn1nccc1-c1cnc(N)c(OCCc2cc(F)ccc2-n2cccn2)c1. The molecule has 142 valence electrons. The Morgan fingerprint density at radius 2 is 2.04 bits per heavy atom. The summed E-state index contributed by atoms with van der Waals surface area (Å²) in [6.07, 6.45) is 7.38. The van der Waals surface area contributed by atoms with Gasteiger partial charge in [-0.2, -0.15) is 10.2 Å². The molecule has 28 heavy (non-hydrogen) atoms. The van der Waals surface area contributed by atoms with Crippen molar-refractivity contribution in [2.75, 3.05) is 12.3 Å². The van der Waals surface area contributed by atoms with Crippen LogP contribution in [0.25, 0.3) is 16.9 Å². The van der Waals surface area contributed by atoms with Crippen LogP contribution in [-0.2, 0) is 13.5 Å². The van der Waals surface area contributed by atoms with Crippen molar-refractivity contribution in [3.8, 4) is 22.7 Å². The van der Waals surface area contributed by atoms with Gasteiger partial charge in [0.15, 0.2) is 11.6 Å². The van der Waals surface area contributed by atoms with Gasteiger partial charge in [0.1, 0.15) is 5.82 Å². The zero-order valence-electron chi connectivity index (χ0n) is 15.3. The highest BCUT2D eigenvalue weighted by Crippen LogP contribution is 2.27. The van der Waals surface area contributed by atoms with Crippen molar-refractivity contribution >= 4 is 5.82 Å². The second-order valence-corrected chi connectivity index (χ2v) is 6.27. The number of benzene rings is 1. The molecular formula is C20H19FN6O. The molecule has 0 spiro atoms. The van der Waals surface area contributed by atoms with E-state index in [4.69, 9.17) is 10.5 Å². The molecule has 7 nitrogen and oxygen atoms in total. The van der Waals surface area contributed by atoms with Crippen LogP contribution in [-0.4, -0.2) is 31.2 Å². The zero-order chi connectivity index (χ0) is 19.5. The van der Waals surface area contributed by atoms with E-state index in [0.717, 1.165) is 22.5 Å². The van der Waals surface area contributed by atoms with Gasteiger partial charge in [0, 0.05) is 43.8 Å². The lowest BCUT2D eigenvalue weighted by atomic mass is 10.1. The molecule has 0 atom stereocenters. The van der Waals surface area contributed by atoms with Crippen molar-refractivity contribution in [3.63, 3.8) is 0 Å². The van der Waals surface area contributed by atoms with E-state index in [2.05, 4.69) is 15.2 Å². The van der Waals surface area contributed by atoms with Gasteiger partial charge < -0.3 is 10.5 Å². The number of nitrogens with zero attached hydrogens (tertiary/aromatic N) is 5. The van der Waals surface area contributed by atoms with Crippen molar-refractivity contribution in [2.24, 2.45) is 7.05 Å². The number of rotatable bonds is 6. The van der Waals surface area contributed by atoms with Crippen molar-refractivity contribution in [1.82, 2.24) is 24.5 Å². The molecule has 0 saturated carbocycles. The molecule has 2 N–H and O–H groups in total. The fourth-order valence-corrected chi connectivity index (χ4v) is 3.03. The first-order valence-electron chi connectivity index (χ1n) is 8.77. The standard InChI is InChI=1S/C20H19FN6O/c1-26-17(5-8-24-26)15-12-19(20(22)23-13-15)28-10-6-14-11-16(21)3-4-18(14)27-9-2-7-25-27/h2-5,7-9,11-13H,6,10H2,1H3,(H2,22,23). The second kappa shape index (κ2) is 7.51. The van der Waals surface area contributed by atoms with E-state index < -0.39 is 0 Å². The number of anilines is 1. The van der Waals surface area contributed by atoms with Crippen molar-refractivity contribution in [3.05, 3.63) is 72.6 Å². The van der Waals surface area contributed by atoms with Crippen LogP contribution >= 0.6 is 0 Å². The molecule has 0 amide bonds. The number of pyridine rings is 1. The molecule has 0 bridgehead atoms. The lowest BCUT2D eigenvalue weighted by molar-refractivity contribution is 0.322. The van der Waals surface area contributed by atoms with E-state index in [1.165, 1.54) is 12.1 Å². The van der Waals surface area contributed by atoms with Gasteiger partial charge >= 0.3 is 0 Å². The van der Waals surface area contributed by atoms with E-state index in [1.54, 1.807) is 34.0 Å². The van der Waals surface area contributed by atoms with E-state index in [9.17, 15) is 4.39 Å². The van der Waals surface area contributed by atoms with Gasteiger partial charge in [-0.15, -0.1) is 0 Å². The van der Waals surface area contributed by atoms with Gasteiger partial charge in [0.25, 0.3) is 0 Å². The van der Waals surface area contributed by atoms with E-state index >= 15 is 0 Å². The minimum absolute atomic E-state index is 0.301. The Morgan fingerprint density at radius 3 is 2.79 bits per heavy atom. The summed E-state index contributed by atoms with van der Waals surface area (Å²) in [4.78, 5) is 4.21. The third-order valence-corrected chi connectivity index (χ3v) is 4.42. The van der Waals surface area contributed by atoms with Crippen LogP contribution in [0.1, 0.15) is 5.56 Å². The summed E-state index contributed by atoms with van der Waals surface area (Å²) in [7, 11) is 1.85. The van der Waals surface area contributed by atoms with Crippen LogP contribution < -0.4 is 10.5 Å². The quantitative estimate of drug-likeness (QED) is 0.558. The predicted octanol–water partition coefficient (Wildman–Crippen LogP) is 3.01. The number of ether oxygens (including phenoxy) is 1. The van der Waals surface area contributed by atoms with Crippen LogP contribution in [0.5, 0.6) is 5.75 Å². The first kappa shape index (κ1) is 17.7. The molecule has 0 aliphatic rings. The smallest absolute Gasteiger partial charge is 0.166 e.